The molecule has 0 saturated heterocycles. The number of rotatable bonds is 13. The third-order valence-electron chi connectivity index (χ3n) is 3.53. The van der Waals surface area contributed by atoms with Gasteiger partial charge < -0.3 is 10.6 Å². The average molecular weight is 242 g/mol. The van der Waals surface area contributed by atoms with Gasteiger partial charge in [-0.3, -0.25) is 0 Å². The van der Waals surface area contributed by atoms with Crippen molar-refractivity contribution in [2.24, 2.45) is 5.73 Å². The van der Waals surface area contributed by atoms with Crippen molar-refractivity contribution in [3.8, 4) is 0 Å². The fraction of sp³-hybridized carbons (Fsp3) is 1.00. The fourth-order valence-electron chi connectivity index (χ4n) is 2.10. The molecule has 0 heterocycles. The summed E-state index contributed by atoms with van der Waals surface area (Å²) >= 11 is 0. The summed E-state index contributed by atoms with van der Waals surface area (Å²) < 4.78 is 0. The first-order valence-corrected chi connectivity index (χ1v) is 7.70. The van der Waals surface area contributed by atoms with E-state index < -0.39 is 0 Å². The Morgan fingerprint density at radius 3 is 1.53 bits per heavy atom. The molecule has 0 aromatic rings. The molecule has 0 aromatic heterocycles. The van der Waals surface area contributed by atoms with Crippen molar-refractivity contribution < 1.29 is 0 Å². The van der Waals surface area contributed by atoms with Gasteiger partial charge in [-0.1, -0.05) is 58.3 Å². The quantitative estimate of drug-likeness (QED) is 0.498. The highest BCUT2D eigenvalue weighted by atomic mass is 15.1. The van der Waals surface area contributed by atoms with Crippen LogP contribution in [0.1, 0.15) is 71.1 Å². The van der Waals surface area contributed by atoms with Crippen molar-refractivity contribution in [1.29, 1.82) is 0 Å². The van der Waals surface area contributed by atoms with E-state index in [0.29, 0.717) is 0 Å². The first-order valence-electron chi connectivity index (χ1n) is 7.70. The second-order valence-electron chi connectivity index (χ2n) is 5.22. The summed E-state index contributed by atoms with van der Waals surface area (Å²) in [5.74, 6) is 0. The van der Waals surface area contributed by atoms with Gasteiger partial charge in [-0.15, -0.1) is 0 Å². The number of hydrogen-bond donors (Lipinski definition) is 1. The molecule has 0 amide bonds. The predicted octanol–water partition coefficient (Wildman–Crippen LogP) is 3.80. The molecule has 0 aliphatic heterocycles. The Kier molecular flexibility index (Phi) is 13.9. The smallest absolute Gasteiger partial charge is 0.00219 e. The highest BCUT2D eigenvalue weighted by Gasteiger charge is 1.95. The maximum Gasteiger partial charge on any atom is -0.00219 e. The van der Waals surface area contributed by atoms with Crippen LogP contribution in [-0.4, -0.2) is 31.6 Å². The van der Waals surface area contributed by atoms with Crippen molar-refractivity contribution in [1.82, 2.24) is 4.90 Å². The predicted molar refractivity (Wildman–Crippen MR) is 78.4 cm³/mol. The summed E-state index contributed by atoms with van der Waals surface area (Å²) in [7, 11) is 2.21. The van der Waals surface area contributed by atoms with Crippen LogP contribution in [0.3, 0.4) is 0 Å². The van der Waals surface area contributed by atoms with E-state index in [1.165, 1.54) is 77.3 Å². The molecule has 2 heteroatoms. The number of hydrogen-bond acceptors (Lipinski definition) is 2. The van der Waals surface area contributed by atoms with Crippen LogP contribution in [0.2, 0.25) is 0 Å². The minimum absolute atomic E-state index is 0.867. The molecule has 0 radical (unpaired) electrons. The molecule has 0 aromatic carbocycles. The summed E-state index contributed by atoms with van der Waals surface area (Å²) in [6, 6.07) is 0. The minimum atomic E-state index is 0.867. The zero-order valence-corrected chi connectivity index (χ0v) is 12.2. The second kappa shape index (κ2) is 14.0. The summed E-state index contributed by atoms with van der Waals surface area (Å²) in [4.78, 5) is 2.40. The van der Waals surface area contributed by atoms with Gasteiger partial charge in [-0.05, 0) is 39.5 Å². The van der Waals surface area contributed by atoms with Crippen molar-refractivity contribution in [3.63, 3.8) is 0 Å². The SMILES string of the molecule is CCN(C)CCCCCCCCCCCCN. The first-order chi connectivity index (χ1) is 8.31. The highest BCUT2D eigenvalue weighted by Crippen LogP contribution is 2.10. The van der Waals surface area contributed by atoms with Crippen molar-refractivity contribution in [3.05, 3.63) is 0 Å². The zero-order chi connectivity index (χ0) is 12.8. The Hall–Kier alpha value is -0.0800. The van der Waals surface area contributed by atoms with Crippen LogP contribution in [0.25, 0.3) is 0 Å². The molecular weight excluding hydrogens is 208 g/mol. The Morgan fingerprint density at radius 1 is 0.706 bits per heavy atom. The van der Waals surface area contributed by atoms with Crippen molar-refractivity contribution in [2.45, 2.75) is 71.1 Å². The van der Waals surface area contributed by atoms with Gasteiger partial charge in [-0.2, -0.15) is 0 Å². The summed E-state index contributed by atoms with van der Waals surface area (Å²) in [5, 5.41) is 0. The van der Waals surface area contributed by atoms with Crippen molar-refractivity contribution >= 4 is 0 Å². The van der Waals surface area contributed by atoms with Gasteiger partial charge in [0.15, 0.2) is 0 Å². The summed E-state index contributed by atoms with van der Waals surface area (Å²) in [6.07, 6.45) is 13.9. The van der Waals surface area contributed by atoms with Gasteiger partial charge in [-0.25, -0.2) is 0 Å². The largest absolute Gasteiger partial charge is 0.330 e. The van der Waals surface area contributed by atoms with Crippen LogP contribution in [0.4, 0.5) is 0 Å². The van der Waals surface area contributed by atoms with Crippen LogP contribution >= 0.6 is 0 Å². The minimum Gasteiger partial charge on any atom is -0.330 e. The highest BCUT2D eigenvalue weighted by molar-refractivity contribution is 4.51. The summed E-state index contributed by atoms with van der Waals surface area (Å²) in [5.41, 5.74) is 5.47. The van der Waals surface area contributed by atoms with Gasteiger partial charge in [0.05, 0.1) is 0 Å². The molecule has 0 aliphatic rings. The topological polar surface area (TPSA) is 29.3 Å². The molecule has 2 N–H and O–H groups in total. The second-order valence-corrected chi connectivity index (χ2v) is 5.22. The monoisotopic (exact) mass is 242 g/mol. The van der Waals surface area contributed by atoms with E-state index >= 15 is 0 Å². The van der Waals surface area contributed by atoms with Crippen LogP contribution in [0.5, 0.6) is 0 Å². The van der Waals surface area contributed by atoms with Crippen LogP contribution in [0, 0.1) is 0 Å². The lowest BCUT2D eigenvalue weighted by Crippen LogP contribution is -2.18. The van der Waals surface area contributed by atoms with E-state index in [-0.39, 0.29) is 0 Å². The number of unbranched alkanes of at least 4 members (excludes halogenated alkanes) is 9. The Labute approximate surface area is 109 Å². The maximum absolute atomic E-state index is 5.47. The van der Waals surface area contributed by atoms with Crippen molar-refractivity contribution in [2.75, 3.05) is 26.7 Å². The van der Waals surface area contributed by atoms with E-state index in [9.17, 15) is 0 Å². The number of nitrogens with zero attached hydrogens (tertiary/aromatic N) is 1. The maximum atomic E-state index is 5.47. The standard InChI is InChI=1S/C15H34N2/c1-3-17(2)15-13-11-9-7-5-4-6-8-10-12-14-16/h3-16H2,1-2H3. The fourth-order valence-corrected chi connectivity index (χ4v) is 2.10. The molecule has 0 unspecified atom stereocenters. The van der Waals surface area contributed by atoms with E-state index in [0.717, 1.165) is 6.54 Å². The lowest BCUT2D eigenvalue weighted by atomic mass is 10.1. The molecule has 0 fully saturated rings. The molecule has 2 nitrogen and oxygen atoms in total. The van der Waals surface area contributed by atoms with E-state index in [2.05, 4.69) is 18.9 Å². The first kappa shape index (κ1) is 16.9. The molecule has 0 saturated carbocycles. The molecule has 17 heavy (non-hydrogen) atoms. The lowest BCUT2D eigenvalue weighted by molar-refractivity contribution is 0.340. The number of nitrogens with two attached hydrogens (primary N) is 1. The molecule has 104 valence electrons. The molecule has 0 bridgehead atoms. The Bertz CT molecular complexity index is 137. The van der Waals surface area contributed by atoms with E-state index in [1.807, 2.05) is 0 Å². The van der Waals surface area contributed by atoms with Crippen LogP contribution < -0.4 is 5.73 Å². The van der Waals surface area contributed by atoms with Gasteiger partial charge in [0.1, 0.15) is 0 Å². The van der Waals surface area contributed by atoms with Crippen LogP contribution in [-0.2, 0) is 0 Å². The van der Waals surface area contributed by atoms with Crippen LogP contribution in [0.15, 0.2) is 0 Å². The van der Waals surface area contributed by atoms with E-state index in [1.54, 1.807) is 0 Å². The molecular formula is C15H34N2. The Morgan fingerprint density at radius 2 is 1.12 bits per heavy atom. The van der Waals surface area contributed by atoms with Gasteiger partial charge in [0.2, 0.25) is 0 Å². The molecule has 0 aliphatic carbocycles. The zero-order valence-electron chi connectivity index (χ0n) is 12.2. The van der Waals surface area contributed by atoms with E-state index in [4.69, 9.17) is 5.73 Å². The molecule has 0 spiro atoms. The normalized spacial score (nSPS) is 11.3. The molecule has 0 rings (SSSR count). The molecule has 0 atom stereocenters. The van der Waals surface area contributed by atoms with Gasteiger partial charge in [0.25, 0.3) is 0 Å². The average Bonchev–Trinajstić information content (AvgIpc) is 2.35. The Balaban J connectivity index is 2.94. The lowest BCUT2D eigenvalue weighted by Gasteiger charge is -2.12. The summed E-state index contributed by atoms with van der Waals surface area (Å²) in [6.45, 7) is 5.55. The van der Waals surface area contributed by atoms with Gasteiger partial charge >= 0.3 is 0 Å². The third-order valence-corrected chi connectivity index (χ3v) is 3.53. The third kappa shape index (κ3) is 13.9. The van der Waals surface area contributed by atoms with Gasteiger partial charge in [0, 0.05) is 0 Å².